The Morgan fingerprint density at radius 3 is 2.31 bits per heavy atom. The highest BCUT2D eigenvalue weighted by atomic mass is 15.4. The maximum absolute atomic E-state index is 5.66. The van der Waals surface area contributed by atoms with Gasteiger partial charge in [0.05, 0.1) is 12.4 Å². The van der Waals surface area contributed by atoms with E-state index in [9.17, 15) is 0 Å². The standard InChI is InChI=1S/C10H19N3/c1-8(11)9-6-13(7-12(9)5)10(2,3)4/h6H,1,7,11H2,2-5H3. The van der Waals surface area contributed by atoms with Crippen molar-refractivity contribution in [1.82, 2.24) is 9.80 Å². The Morgan fingerprint density at radius 1 is 1.54 bits per heavy atom. The molecule has 2 N–H and O–H groups in total. The quantitative estimate of drug-likeness (QED) is 0.662. The van der Waals surface area contributed by atoms with Gasteiger partial charge in [0, 0.05) is 24.5 Å². The summed E-state index contributed by atoms with van der Waals surface area (Å²) in [4.78, 5) is 4.36. The van der Waals surface area contributed by atoms with Gasteiger partial charge in [-0.15, -0.1) is 0 Å². The molecule has 0 amide bonds. The van der Waals surface area contributed by atoms with Crippen molar-refractivity contribution in [3.8, 4) is 0 Å². The average molecular weight is 181 g/mol. The predicted molar refractivity (Wildman–Crippen MR) is 55.6 cm³/mol. The SMILES string of the molecule is C=C(N)C1=CN(C(C)(C)C)CN1C. The van der Waals surface area contributed by atoms with E-state index in [1.807, 2.05) is 7.05 Å². The second-order valence-corrected chi connectivity index (χ2v) is 4.52. The van der Waals surface area contributed by atoms with Gasteiger partial charge < -0.3 is 15.5 Å². The minimum absolute atomic E-state index is 0.144. The van der Waals surface area contributed by atoms with Crippen LogP contribution in [0.2, 0.25) is 0 Å². The first kappa shape index (κ1) is 9.96. The van der Waals surface area contributed by atoms with Crippen LogP contribution in [0.4, 0.5) is 0 Å². The zero-order valence-electron chi connectivity index (χ0n) is 8.96. The van der Waals surface area contributed by atoms with Crippen LogP contribution in [0.15, 0.2) is 24.2 Å². The third-order valence-electron chi connectivity index (χ3n) is 2.24. The first-order chi connectivity index (χ1) is 5.82. The highest BCUT2D eigenvalue weighted by Crippen LogP contribution is 2.24. The first-order valence-electron chi connectivity index (χ1n) is 4.47. The number of hydrogen-bond donors (Lipinski definition) is 1. The maximum Gasteiger partial charge on any atom is 0.0901 e. The van der Waals surface area contributed by atoms with E-state index in [4.69, 9.17) is 5.73 Å². The van der Waals surface area contributed by atoms with Gasteiger partial charge in [0.2, 0.25) is 0 Å². The van der Waals surface area contributed by atoms with Crippen LogP contribution in [0, 0.1) is 0 Å². The van der Waals surface area contributed by atoms with Gasteiger partial charge in [-0.2, -0.15) is 0 Å². The molecule has 0 aromatic carbocycles. The Hall–Kier alpha value is -1.12. The van der Waals surface area contributed by atoms with Crippen molar-refractivity contribution in [2.45, 2.75) is 26.3 Å². The summed E-state index contributed by atoms with van der Waals surface area (Å²) in [6, 6.07) is 0. The molecule has 74 valence electrons. The largest absolute Gasteiger partial charge is 0.397 e. The second-order valence-electron chi connectivity index (χ2n) is 4.52. The van der Waals surface area contributed by atoms with E-state index in [2.05, 4.69) is 43.3 Å². The van der Waals surface area contributed by atoms with Crippen molar-refractivity contribution in [2.75, 3.05) is 13.7 Å². The Bertz CT molecular complexity index is 247. The molecule has 0 saturated carbocycles. The molecular formula is C10H19N3. The normalized spacial score (nSPS) is 17.7. The summed E-state index contributed by atoms with van der Waals surface area (Å²) >= 11 is 0. The third-order valence-corrected chi connectivity index (χ3v) is 2.24. The van der Waals surface area contributed by atoms with Crippen LogP contribution >= 0.6 is 0 Å². The highest BCUT2D eigenvalue weighted by Gasteiger charge is 2.26. The van der Waals surface area contributed by atoms with Crippen molar-refractivity contribution < 1.29 is 0 Å². The number of nitrogens with zero attached hydrogens (tertiary/aromatic N) is 2. The van der Waals surface area contributed by atoms with E-state index in [0.717, 1.165) is 12.4 Å². The maximum atomic E-state index is 5.66. The molecule has 0 radical (unpaired) electrons. The van der Waals surface area contributed by atoms with Gasteiger partial charge in [0.1, 0.15) is 0 Å². The summed E-state index contributed by atoms with van der Waals surface area (Å²) in [6.45, 7) is 11.2. The number of hydrogen-bond acceptors (Lipinski definition) is 3. The van der Waals surface area contributed by atoms with Crippen molar-refractivity contribution in [2.24, 2.45) is 5.73 Å². The molecular weight excluding hydrogens is 162 g/mol. The van der Waals surface area contributed by atoms with Gasteiger partial charge in [-0.1, -0.05) is 6.58 Å². The van der Waals surface area contributed by atoms with E-state index in [-0.39, 0.29) is 5.54 Å². The monoisotopic (exact) mass is 181 g/mol. The topological polar surface area (TPSA) is 32.5 Å². The zero-order valence-corrected chi connectivity index (χ0v) is 8.96. The van der Waals surface area contributed by atoms with Gasteiger partial charge in [-0.25, -0.2) is 0 Å². The van der Waals surface area contributed by atoms with Gasteiger partial charge in [-0.3, -0.25) is 0 Å². The fourth-order valence-electron chi connectivity index (χ4n) is 1.33. The van der Waals surface area contributed by atoms with Gasteiger partial charge >= 0.3 is 0 Å². The summed E-state index contributed by atoms with van der Waals surface area (Å²) in [5.74, 6) is 0. The lowest BCUT2D eigenvalue weighted by Gasteiger charge is -2.32. The fourth-order valence-corrected chi connectivity index (χ4v) is 1.33. The molecule has 3 nitrogen and oxygen atoms in total. The lowest BCUT2D eigenvalue weighted by atomic mass is 10.1. The third kappa shape index (κ3) is 1.97. The molecule has 0 atom stereocenters. The summed E-state index contributed by atoms with van der Waals surface area (Å²) in [5.41, 5.74) is 7.46. The first-order valence-corrected chi connectivity index (χ1v) is 4.47. The van der Waals surface area contributed by atoms with Gasteiger partial charge in [0.15, 0.2) is 0 Å². The minimum atomic E-state index is 0.144. The molecule has 0 aromatic heterocycles. The summed E-state index contributed by atoms with van der Waals surface area (Å²) in [7, 11) is 2.02. The molecule has 1 heterocycles. The molecule has 0 bridgehead atoms. The van der Waals surface area contributed by atoms with Crippen molar-refractivity contribution in [3.05, 3.63) is 24.2 Å². The second kappa shape index (κ2) is 2.98. The Labute approximate surface area is 80.5 Å². The van der Waals surface area contributed by atoms with E-state index in [0.29, 0.717) is 5.70 Å². The molecule has 0 unspecified atom stereocenters. The van der Waals surface area contributed by atoms with Crippen LogP contribution in [-0.2, 0) is 0 Å². The van der Waals surface area contributed by atoms with Crippen LogP contribution in [0.1, 0.15) is 20.8 Å². The minimum Gasteiger partial charge on any atom is -0.397 e. The lowest BCUT2D eigenvalue weighted by molar-refractivity contribution is 0.172. The Morgan fingerprint density at radius 2 is 2.08 bits per heavy atom. The molecule has 0 fully saturated rings. The lowest BCUT2D eigenvalue weighted by Crippen LogP contribution is -2.38. The van der Waals surface area contributed by atoms with Crippen LogP contribution in [0.25, 0.3) is 0 Å². The fraction of sp³-hybridized carbons (Fsp3) is 0.600. The van der Waals surface area contributed by atoms with Crippen LogP contribution < -0.4 is 5.73 Å². The van der Waals surface area contributed by atoms with Gasteiger partial charge in [0.25, 0.3) is 0 Å². The van der Waals surface area contributed by atoms with Gasteiger partial charge in [-0.05, 0) is 20.8 Å². The Kier molecular flexibility index (Phi) is 2.28. The molecule has 1 rings (SSSR count). The molecule has 0 spiro atoms. The average Bonchev–Trinajstić information content (AvgIpc) is 2.29. The van der Waals surface area contributed by atoms with Crippen LogP contribution in [-0.4, -0.2) is 29.1 Å². The molecule has 0 aliphatic carbocycles. The predicted octanol–water partition coefficient (Wildman–Crippen LogP) is 1.30. The van der Waals surface area contributed by atoms with E-state index < -0.39 is 0 Å². The number of rotatable bonds is 1. The number of nitrogens with two attached hydrogens (primary N) is 1. The van der Waals surface area contributed by atoms with E-state index in [1.165, 1.54) is 0 Å². The molecule has 1 aliphatic heterocycles. The van der Waals surface area contributed by atoms with E-state index >= 15 is 0 Å². The molecule has 3 heteroatoms. The van der Waals surface area contributed by atoms with Crippen molar-refractivity contribution in [1.29, 1.82) is 0 Å². The van der Waals surface area contributed by atoms with Crippen molar-refractivity contribution >= 4 is 0 Å². The number of likely N-dealkylation sites (N-methyl/N-ethyl adjacent to an activating group) is 1. The van der Waals surface area contributed by atoms with Crippen molar-refractivity contribution in [3.63, 3.8) is 0 Å². The smallest absolute Gasteiger partial charge is 0.0901 e. The summed E-state index contributed by atoms with van der Waals surface area (Å²) < 4.78 is 0. The zero-order chi connectivity index (χ0) is 10.2. The Balaban J connectivity index is 2.84. The summed E-state index contributed by atoms with van der Waals surface area (Å²) in [5, 5.41) is 0. The molecule has 13 heavy (non-hydrogen) atoms. The molecule has 0 aromatic rings. The highest BCUT2D eigenvalue weighted by molar-refractivity contribution is 5.26. The van der Waals surface area contributed by atoms with E-state index in [1.54, 1.807) is 0 Å². The summed E-state index contributed by atoms with van der Waals surface area (Å²) in [6.07, 6.45) is 2.07. The van der Waals surface area contributed by atoms with Crippen LogP contribution in [0.3, 0.4) is 0 Å². The molecule has 0 saturated heterocycles. The van der Waals surface area contributed by atoms with Crippen LogP contribution in [0.5, 0.6) is 0 Å². The molecule has 1 aliphatic rings.